The van der Waals surface area contributed by atoms with Gasteiger partial charge in [-0.2, -0.15) is 26.3 Å². The van der Waals surface area contributed by atoms with Gasteiger partial charge in [-0.25, -0.2) is 4.79 Å². The van der Waals surface area contributed by atoms with Crippen molar-refractivity contribution in [1.29, 1.82) is 0 Å². The Kier molecular flexibility index (Phi) is 3.50. The van der Waals surface area contributed by atoms with Gasteiger partial charge in [0.25, 0.3) is 0 Å². The number of rotatable bonds is 3. The number of carboxylic acids is 1. The quantitative estimate of drug-likeness (QED) is 0.766. The second-order valence-electron chi connectivity index (χ2n) is 3.83. The summed E-state index contributed by atoms with van der Waals surface area (Å²) in [4.78, 5) is 21.1. The van der Waals surface area contributed by atoms with Crippen LogP contribution >= 0.6 is 0 Å². The number of halogens is 6. The minimum atomic E-state index is -5.34. The molecule has 0 spiro atoms. The summed E-state index contributed by atoms with van der Waals surface area (Å²) in [5.41, 5.74) is 0. The molecule has 0 heterocycles. The van der Waals surface area contributed by atoms with E-state index in [1.807, 2.05) is 0 Å². The summed E-state index contributed by atoms with van der Waals surface area (Å²) in [6.07, 6.45) is -10.6. The largest absolute Gasteiger partial charge is 0.480 e. The maximum atomic E-state index is 12.2. The van der Waals surface area contributed by atoms with Crippen LogP contribution in [0, 0.1) is 11.8 Å². The maximum absolute atomic E-state index is 12.2. The molecule has 2 N–H and O–H groups in total. The molecule has 104 valence electrons. The highest BCUT2D eigenvalue weighted by molar-refractivity contribution is 5.87. The zero-order valence-corrected chi connectivity index (χ0v) is 8.47. The van der Waals surface area contributed by atoms with Gasteiger partial charge in [0.05, 0.1) is 5.92 Å². The molecule has 3 atom stereocenters. The Hall–Kier alpha value is -1.48. The van der Waals surface area contributed by atoms with E-state index in [9.17, 15) is 35.9 Å². The van der Waals surface area contributed by atoms with Crippen molar-refractivity contribution in [2.75, 3.05) is 0 Å². The molecule has 1 aliphatic carbocycles. The minimum Gasteiger partial charge on any atom is -0.480 e. The highest BCUT2D eigenvalue weighted by atomic mass is 19.4. The predicted molar refractivity (Wildman–Crippen MR) is 43.3 cm³/mol. The summed E-state index contributed by atoms with van der Waals surface area (Å²) in [5.74, 6) is -8.05. The van der Waals surface area contributed by atoms with Gasteiger partial charge in [0.2, 0.25) is 0 Å². The lowest BCUT2D eigenvalue weighted by Crippen LogP contribution is -2.48. The van der Waals surface area contributed by atoms with Gasteiger partial charge in [-0.05, 0) is 6.42 Å². The molecule has 18 heavy (non-hydrogen) atoms. The molecule has 3 unspecified atom stereocenters. The second kappa shape index (κ2) is 4.32. The van der Waals surface area contributed by atoms with Crippen molar-refractivity contribution >= 4 is 11.9 Å². The molecule has 0 aromatic heterocycles. The summed E-state index contributed by atoms with van der Waals surface area (Å²) in [6, 6.07) is -2.19. The number of carbonyl (C=O) groups excluding carboxylic acids is 1. The lowest BCUT2D eigenvalue weighted by molar-refractivity contribution is -0.176. The number of alkyl halides is 6. The van der Waals surface area contributed by atoms with Crippen LogP contribution in [0.4, 0.5) is 26.3 Å². The van der Waals surface area contributed by atoms with Crippen LogP contribution in [0.15, 0.2) is 0 Å². The number of amides is 1. The first-order valence-corrected chi connectivity index (χ1v) is 4.61. The van der Waals surface area contributed by atoms with E-state index in [1.165, 1.54) is 0 Å². The minimum absolute atomic E-state index is 0.612. The van der Waals surface area contributed by atoms with Gasteiger partial charge >= 0.3 is 24.2 Å². The van der Waals surface area contributed by atoms with Crippen LogP contribution in [0.25, 0.3) is 0 Å². The molecule has 0 aliphatic heterocycles. The lowest BCUT2D eigenvalue weighted by Gasteiger charge is -2.16. The molecule has 10 heteroatoms. The third-order valence-electron chi connectivity index (χ3n) is 2.50. The molecule has 1 amide bonds. The molecular formula is C8H7F6NO3. The monoisotopic (exact) mass is 279 g/mol. The summed E-state index contributed by atoms with van der Waals surface area (Å²) in [5, 5.41) is 9.59. The van der Waals surface area contributed by atoms with E-state index in [1.54, 1.807) is 0 Å². The Balaban J connectivity index is 2.71. The molecule has 1 aliphatic rings. The number of carboxylic acid groups (broad SMARTS) is 1. The van der Waals surface area contributed by atoms with Crippen molar-refractivity contribution in [1.82, 2.24) is 5.32 Å². The Morgan fingerprint density at radius 3 is 1.94 bits per heavy atom. The third kappa shape index (κ3) is 3.26. The molecule has 0 saturated heterocycles. The molecule has 0 bridgehead atoms. The number of carbonyl (C=O) groups is 2. The van der Waals surface area contributed by atoms with Crippen LogP contribution in [-0.4, -0.2) is 35.4 Å². The molecule has 0 aromatic carbocycles. The van der Waals surface area contributed by atoms with Gasteiger partial charge in [-0.3, -0.25) is 4.79 Å². The molecule has 0 aromatic rings. The van der Waals surface area contributed by atoms with Crippen molar-refractivity contribution in [2.24, 2.45) is 11.8 Å². The summed E-state index contributed by atoms with van der Waals surface area (Å²) in [7, 11) is 0. The highest BCUT2D eigenvalue weighted by Crippen LogP contribution is 2.51. The van der Waals surface area contributed by atoms with Gasteiger partial charge < -0.3 is 10.4 Å². The van der Waals surface area contributed by atoms with Crippen LogP contribution in [0.3, 0.4) is 0 Å². The van der Waals surface area contributed by atoms with Crippen molar-refractivity contribution < 1.29 is 41.0 Å². The van der Waals surface area contributed by atoms with Gasteiger partial charge in [-0.1, -0.05) is 0 Å². The van der Waals surface area contributed by atoms with E-state index in [4.69, 9.17) is 5.11 Å². The molecule has 1 rings (SSSR count). The predicted octanol–water partition coefficient (Wildman–Crippen LogP) is 1.32. The van der Waals surface area contributed by atoms with E-state index >= 15 is 0 Å². The Bertz CT molecular complexity index is 363. The normalized spacial score (nSPS) is 25.4. The molecule has 4 nitrogen and oxygen atoms in total. The Morgan fingerprint density at radius 2 is 1.67 bits per heavy atom. The highest BCUT2D eigenvalue weighted by Gasteiger charge is 2.60. The maximum Gasteiger partial charge on any atom is 0.471 e. The number of hydrogen-bond acceptors (Lipinski definition) is 2. The fourth-order valence-electron chi connectivity index (χ4n) is 1.53. The topological polar surface area (TPSA) is 66.4 Å². The van der Waals surface area contributed by atoms with Gasteiger partial charge in [0, 0.05) is 5.92 Å². The number of hydrogen-bond donors (Lipinski definition) is 2. The fraction of sp³-hybridized carbons (Fsp3) is 0.750. The summed E-state index contributed by atoms with van der Waals surface area (Å²) >= 11 is 0. The van der Waals surface area contributed by atoms with Crippen molar-refractivity contribution in [3.8, 4) is 0 Å². The first-order chi connectivity index (χ1) is 7.94. The van der Waals surface area contributed by atoms with Crippen LogP contribution in [0.5, 0.6) is 0 Å². The number of nitrogens with one attached hydrogen (secondary N) is 1. The van der Waals surface area contributed by atoms with Crippen LogP contribution in [0.1, 0.15) is 6.42 Å². The third-order valence-corrected chi connectivity index (χ3v) is 2.50. The fourth-order valence-corrected chi connectivity index (χ4v) is 1.53. The molecule has 1 saturated carbocycles. The van der Waals surface area contributed by atoms with Gasteiger partial charge in [-0.15, -0.1) is 0 Å². The smallest absolute Gasteiger partial charge is 0.471 e. The summed E-state index contributed by atoms with van der Waals surface area (Å²) < 4.78 is 72.1. The van der Waals surface area contributed by atoms with E-state index in [0.717, 1.165) is 5.32 Å². The van der Waals surface area contributed by atoms with E-state index in [2.05, 4.69) is 0 Å². The second-order valence-corrected chi connectivity index (χ2v) is 3.83. The zero-order valence-electron chi connectivity index (χ0n) is 8.47. The lowest BCUT2D eigenvalue weighted by atomic mass is 10.1. The first-order valence-electron chi connectivity index (χ1n) is 4.61. The van der Waals surface area contributed by atoms with Gasteiger partial charge in [0.15, 0.2) is 0 Å². The number of aliphatic carboxylic acids is 1. The van der Waals surface area contributed by atoms with Crippen LogP contribution < -0.4 is 5.32 Å². The SMILES string of the molecule is O=C(O)C(NC(=O)C(F)(F)F)C1CC1C(F)(F)F. The molecule has 1 fully saturated rings. The zero-order chi connectivity index (χ0) is 14.3. The Labute approximate surface area is 95.9 Å². The van der Waals surface area contributed by atoms with Crippen LogP contribution in [0.2, 0.25) is 0 Å². The average molecular weight is 279 g/mol. The molecule has 0 radical (unpaired) electrons. The first kappa shape index (κ1) is 14.6. The van der Waals surface area contributed by atoms with Gasteiger partial charge in [0.1, 0.15) is 6.04 Å². The standard InChI is InChI=1S/C8H7F6NO3/c9-7(10,11)3-1-2(3)4(5(16)17)15-6(18)8(12,13)14/h2-4H,1H2,(H,15,18)(H,16,17). The average Bonchev–Trinajstić information content (AvgIpc) is 2.89. The van der Waals surface area contributed by atoms with E-state index in [0.29, 0.717) is 0 Å². The van der Waals surface area contributed by atoms with Crippen molar-refractivity contribution in [2.45, 2.75) is 24.8 Å². The van der Waals surface area contributed by atoms with E-state index in [-0.39, 0.29) is 0 Å². The Morgan fingerprint density at radius 1 is 1.17 bits per heavy atom. The van der Waals surface area contributed by atoms with Crippen LogP contribution in [-0.2, 0) is 9.59 Å². The summed E-state index contributed by atoms with van der Waals surface area (Å²) in [6.45, 7) is 0. The molecular weight excluding hydrogens is 272 g/mol. The van der Waals surface area contributed by atoms with E-state index < -0.39 is 48.5 Å². The van der Waals surface area contributed by atoms with Crippen molar-refractivity contribution in [3.63, 3.8) is 0 Å². The van der Waals surface area contributed by atoms with Crippen molar-refractivity contribution in [3.05, 3.63) is 0 Å².